The van der Waals surface area contributed by atoms with Crippen molar-refractivity contribution in [3.63, 3.8) is 0 Å². The lowest BCUT2D eigenvalue weighted by Gasteiger charge is -2.06. The highest BCUT2D eigenvalue weighted by atomic mass is 32.3. The highest BCUT2D eigenvalue weighted by Gasteiger charge is 2.21. The Balaban J connectivity index is 4.69. The lowest BCUT2D eigenvalue weighted by molar-refractivity contribution is -0.132. The van der Waals surface area contributed by atoms with E-state index in [0.717, 1.165) is 38.5 Å². The maximum Gasteiger partial charge on any atom is 0.449 e. The minimum Gasteiger partial charge on any atom is -0.321 e. The van der Waals surface area contributed by atoms with E-state index >= 15 is 0 Å². The van der Waals surface area contributed by atoms with Gasteiger partial charge in [0, 0.05) is 11.6 Å². The summed E-state index contributed by atoms with van der Waals surface area (Å²) >= 11 is 0. The second kappa shape index (κ2) is 12.0. The van der Waals surface area contributed by atoms with Crippen molar-refractivity contribution < 1.29 is 43.9 Å². The Morgan fingerprint density at radius 2 is 1.27 bits per heavy atom. The summed E-state index contributed by atoms with van der Waals surface area (Å²) in [4.78, 5) is 23.0. The summed E-state index contributed by atoms with van der Waals surface area (Å²) in [7, 11) is -10.2. The summed E-state index contributed by atoms with van der Waals surface area (Å²) in [6.07, 6.45) is 7.68. The molecule has 10 nitrogen and oxygen atoms in total. The third-order valence-electron chi connectivity index (χ3n) is 3.22. The number of rotatable bonds is 13. The van der Waals surface area contributed by atoms with Crippen molar-refractivity contribution in [2.24, 2.45) is 0 Å². The molecule has 0 aliphatic rings. The van der Waals surface area contributed by atoms with Gasteiger partial charge < -0.3 is 8.37 Å². The maximum atomic E-state index is 11.6. The summed E-state index contributed by atoms with van der Waals surface area (Å²) in [5, 5.41) is 0. The highest BCUT2D eigenvalue weighted by molar-refractivity contribution is 7.81. The molecule has 0 atom stereocenters. The molecular formula is C14H24O10S2. The quantitative estimate of drug-likeness (QED) is 0.258. The van der Waals surface area contributed by atoms with Gasteiger partial charge in [0.25, 0.3) is 0 Å². The highest BCUT2D eigenvalue weighted by Crippen LogP contribution is 2.15. The van der Waals surface area contributed by atoms with E-state index in [2.05, 4.69) is 15.3 Å². The molecule has 0 amide bonds. The van der Waals surface area contributed by atoms with Gasteiger partial charge in [-0.25, -0.2) is 9.59 Å². The van der Waals surface area contributed by atoms with Gasteiger partial charge in [0.05, 0.1) is 0 Å². The molecule has 0 aromatic carbocycles. The Bertz CT molecular complexity index is 691. The molecule has 0 heterocycles. The third kappa shape index (κ3) is 14.8. The van der Waals surface area contributed by atoms with Crippen LogP contribution in [0.1, 0.15) is 64.7 Å². The molecule has 0 radical (unpaired) electrons. The fourth-order valence-corrected chi connectivity index (χ4v) is 2.66. The summed E-state index contributed by atoms with van der Waals surface area (Å²) < 4.78 is 66.4. The molecule has 0 bridgehead atoms. The molecule has 0 spiro atoms. The van der Waals surface area contributed by atoms with Crippen molar-refractivity contribution in [3.05, 3.63) is 11.6 Å². The van der Waals surface area contributed by atoms with Gasteiger partial charge in [0.2, 0.25) is 0 Å². The first-order chi connectivity index (χ1) is 11.9. The molecule has 152 valence electrons. The Labute approximate surface area is 153 Å². The normalized spacial score (nSPS) is 12.7. The van der Waals surface area contributed by atoms with Gasteiger partial charge >= 0.3 is 32.7 Å². The largest absolute Gasteiger partial charge is 0.449 e. The number of carbonyl (C=O) groups is 2. The topological polar surface area (TPSA) is 161 Å². The Morgan fingerprint density at radius 3 is 1.73 bits per heavy atom. The zero-order chi connectivity index (χ0) is 20.2. The van der Waals surface area contributed by atoms with Crippen LogP contribution in [0, 0.1) is 0 Å². The van der Waals surface area contributed by atoms with E-state index in [1.165, 1.54) is 0 Å². The monoisotopic (exact) mass is 416 g/mol. The Kier molecular flexibility index (Phi) is 11.3. The fraction of sp³-hybridized carbons (Fsp3) is 0.714. The van der Waals surface area contributed by atoms with Gasteiger partial charge in [0.15, 0.2) is 0 Å². The molecule has 0 fully saturated rings. The van der Waals surface area contributed by atoms with Crippen molar-refractivity contribution in [2.75, 3.05) is 0 Å². The molecule has 0 unspecified atom stereocenters. The lowest BCUT2D eigenvalue weighted by Crippen LogP contribution is -2.16. The molecule has 0 aromatic heterocycles. The second-order valence-electron chi connectivity index (χ2n) is 5.52. The zero-order valence-corrected chi connectivity index (χ0v) is 16.1. The summed E-state index contributed by atoms with van der Waals surface area (Å²) in [6, 6.07) is 0. The van der Waals surface area contributed by atoms with Crippen LogP contribution in [0.25, 0.3) is 0 Å². The average Bonchev–Trinajstić information content (AvgIpc) is 2.45. The molecule has 0 aromatic rings. The summed E-state index contributed by atoms with van der Waals surface area (Å²) in [6.45, 7) is 2.10. The van der Waals surface area contributed by atoms with E-state index in [4.69, 9.17) is 9.11 Å². The van der Waals surface area contributed by atoms with Crippen LogP contribution in [0.15, 0.2) is 11.6 Å². The Morgan fingerprint density at radius 1 is 0.808 bits per heavy atom. The molecule has 0 aliphatic heterocycles. The van der Waals surface area contributed by atoms with Crippen LogP contribution >= 0.6 is 0 Å². The van der Waals surface area contributed by atoms with Crippen molar-refractivity contribution in [1.82, 2.24) is 0 Å². The first kappa shape index (κ1) is 24.5. The van der Waals surface area contributed by atoms with Crippen LogP contribution in [-0.4, -0.2) is 37.9 Å². The zero-order valence-electron chi connectivity index (χ0n) is 14.4. The van der Waals surface area contributed by atoms with Gasteiger partial charge in [-0.15, -0.1) is 0 Å². The minimum absolute atomic E-state index is 0.107. The van der Waals surface area contributed by atoms with Crippen LogP contribution in [0.3, 0.4) is 0 Å². The predicted octanol–water partition coefficient (Wildman–Crippen LogP) is 2.14. The molecule has 0 saturated heterocycles. The molecule has 0 saturated carbocycles. The fourth-order valence-electron chi connectivity index (χ4n) is 2.10. The van der Waals surface area contributed by atoms with Gasteiger partial charge in [0.1, 0.15) is 0 Å². The van der Waals surface area contributed by atoms with Gasteiger partial charge in [-0.05, 0) is 12.8 Å². The first-order valence-corrected chi connectivity index (χ1v) is 10.8. The van der Waals surface area contributed by atoms with E-state index in [-0.39, 0.29) is 6.42 Å². The first-order valence-electron chi connectivity index (χ1n) is 8.07. The van der Waals surface area contributed by atoms with Crippen molar-refractivity contribution in [3.8, 4) is 0 Å². The molecule has 26 heavy (non-hydrogen) atoms. The lowest BCUT2D eigenvalue weighted by atomic mass is 10.0. The predicted molar refractivity (Wildman–Crippen MR) is 90.6 cm³/mol. The standard InChI is InChI=1S/C14H24O10S2/c1-2-3-4-5-6-7-8-9-10-12(14(16)24-26(20,21)22)11-13(15)23-25(17,18)19/h11H,2-10H2,1H3,(H,17,18,19)(H,20,21,22)/b12-11-. The third-order valence-corrected chi connectivity index (χ3v) is 3.96. The van der Waals surface area contributed by atoms with Gasteiger partial charge in [-0.3, -0.25) is 9.11 Å². The van der Waals surface area contributed by atoms with E-state index in [0.29, 0.717) is 18.9 Å². The van der Waals surface area contributed by atoms with E-state index in [1.807, 2.05) is 0 Å². The van der Waals surface area contributed by atoms with E-state index in [9.17, 15) is 26.4 Å². The van der Waals surface area contributed by atoms with E-state index in [1.54, 1.807) is 0 Å². The second-order valence-corrected chi connectivity index (χ2v) is 7.57. The maximum absolute atomic E-state index is 11.6. The molecule has 12 heteroatoms. The molecule has 2 N–H and O–H groups in total. The molecule has 0 aliphatic carbocycles. The Hall–Kier alpha value is -1.50. The van der Waals surface area contributed by atoms with Crippen LogP contribution in [0.4, 0.5) is 0 Å². The summed E-state index contributed by atoms with van der Waals surface area (Å²) in [5.41, 5.74) is -0.512. The summed E-state index contributed by atoms with van der Waals surface area (Å²) in [5.74, 6) is -3.14. The number of hydrogen-bond acceptors (Lipinski definition) is 8. The van der Waals surface area contributed by atoms with Crippen LogP contribution in [0.5, 0.6) is 0 Å². The molecular weight excluding hydrogens is 392 g/mol. The minimum atomic E-state index is -5.10. The molecule has 0 rings (SSSR count). The van der Waals surface area contributed by atoms with Crippen molar-refractivity contribution >= 4 is 32.7 Å². The average molecular weight is 416 g/mol. The number of hydrogen-bond donors (Lipinski definition) is 2. The van der Waals surface area contributed by atoms with Crippen LogP contribution < -0.4 is 0 Å². The van der Waals surface area contributed by atoms with Crippen LogP contribution in [-0.2, 0) is 38.8 Å². The SMILES string of the molecule is CCCCCCCCCC/C(=C/C(=O)OS(=O)(=O)O)C(=O)OS(=O)(=O)O. The van der Waals surface area contributed by atoms with Crippen molar-refractivity contribution in [2.45, 2.75) is 64.7 Å². The van der Waals surface area contributed by atoms with Crippen LogP contribution in [0.2, 0.25) is 0 Å². The van der Waals surface area contributed by atoms with Gasteiger partial charge in [-0.2, -0.15) is 16.8 Å². The van der Waals surface area contributed by atoms with Gasteiger partial charge in [-0.1, -0.05) is 51.9 Å². The van der Waals surface area contributed by atoms with E-state index < -0.39 is 38.3 Å². The number of unbranched alkanes of at least 4 members (excludes halogenated alkanes) is 7. The van der Waals surface area contributed by atoms with Crippen molar-refractivity contribution in [1.29, 1.82) is 0 Å². The number of carbonyl (C=O) groups excluding carboxylic acids is 2. The smallest absolute Gasteiger partial charge is 0.321 e.